The predicted octanol–water partition coefficient (Wildman–Crippen LogP) is 3.67. The zero-order chi connectivity index (χ0) is 20.1. The summed E-state index contributed by atoms with van der Waals surface area (Å²) in [4.78, 5) is 12.3. The maximum Gasteiger partial charge on any atom is 0.252 e. The van der Waals surface area contributed by atoms with E-state index in [4.69, 9.17) is 16.3 Å². The summed E-state index contributed by atoms with van der Waals surface area (Å²) >= 11 is 6.06. The first-order chi connectivity index (χ1) is 13.3. The van der Waals surface area contributed by atoms with Crippen molar-refractivity contribution < 1.29 is 17.9 Å². The van der Waals surface area contributed by atoms with Crippen molar-refractivity contribution in [2.45, 2.75) is 0 Å². The number of ether oxygens (including phenoxy) is 1. The Morgan fingerprint density at radius 3 is 2.54 bits per heavy atom. The lowest BCUT2D eigenvalue weighted by atomic mass is 10.1. The first-order valence-electron chi connectivity index (χ1n) is 8.49. The number of benzene rings is 3. The number of hydrogen-bond donors (Lipinski definition) is 2. The molecular formula is C20H19ClN2O4S. The van der Waals surface area contributed by atoms with Crippen LogP contribution < -0.4 is 14.8 Å². The summed E-state index contributed by atoms with van der Waals surface area (Å²) < 4.78 is 30.7. The third kappa shape index (κ3) is 5.37. The molecule has 0 saturated heterocycles. The first kappa shape index (κ1) is 20.0. The van der Waals surface area contributed by atoms with E-state index in [1.165, 1.54) is 18.2 Å². The van der Waals surface area contributed by atoms with Gasteiger partial charge in [-0.25, -0.2) is 8.42 Å². The minimum Gasteiger partial charge on any atom is -0.492 e. The third-order valence-corrected chi connectivity index (χ3v) is 4.83. The highest BCUT2D eigenvalue weighted by molar-refractivity contribution is 7.92. The molecule has 2 N–H and O–H groups in total. The van der Waals surface area contributed by atoms with Crippen molar-refractivity contribution in [2.75, 3.05) is 24.1 Å². The van der Waals surface area contributed by atoms with Crippen LogP contribution in [0, 0.1) is 0 Å². The van der Waals surface area contributed by atoms with Gasteiger partial charge in [0.15, 0.2) is 0 Å². The largest absolute Gasteiger partial charge is 0.492 e. The van der Waals surface area contributed by atoms with Crippen molar-refractivity contribution in [3.63, 3.8) is 0 Å². The van der Waals surface area contributed by atoms with Crippen molar-refractivity contribution in [2.24, 2.45) is 0 Å². The van der Waals surface area contributed by atoms with Crippen molar-refractivity contribution >= 4 is 44.0 Å². The highest BCUT2D eigenvalue weighted by Gasteiger charge is 2.12. The molecule has 1 amide bonds. The quantitative estimate of drug-likeness (QED) is 0.573. The van der Waals surface area contributed by atoms with Crippen LogP contribution in [0.3, 0.4) is 0 Å². The van der Waals surface area contributed by atoms with Crippen LogP contribution in [0.5, 0.6) is 5.75 Å². The molecule has 0 heterocycles. The molecule has 0 aliphatic rings. The van der Waals surface area contributed by atoms with Crippen LogP contribution in [0.1, 0.15) is 10.4 Å². The van der Waals surface area contributed by atoms with Crippen molar-refractivity contribution in [1.29, 1.82) is 0 Å². The first-order valence-corrected chi connectivity index (χ1v) is 10.8. The van der Waals surface area contributed by atoms with Gasteiger partial charge in [-0.1, -0.05) is 41.9 Å². The van der Waals surface area contributed by atoms with E-state index in [0.29, 0.717) is 5.75 Å². The van der Waals surface area contributed by atoms with Crippen LogP contribution in [-0.4, -0.2) is 33.7 Å². The van der Waals surface area contributed by atoms with Crippen LogP contribution in [0.15, 0.2) is 60.7 Å². The normalized spacial score (nSPS) is 11.2. The molecule has 0 bridgehead atoms. The Balaban J connectivity index is 1.57. The number of anilines is 1. The molecule has 0 radical (unpaired) electrons. The van der Waals surface area contributed by atoms with Crippen LogP contribution in [0.2, 0.25) is 5.02 Å². The molecule has 28 heavy (non-hydrogen) atoms. The van der Waals surface area contributed by atoms with Gasteiger partial charge in [-0.2, -0.15) is 0 Å². The number of rotatable bonds is 7. The number of carbonyl (C=O) groups is 1. The number of amides is 1. The fraction of sp³-hybridized carbons (Fsp3) is 0.150. The van der Waals surface area contributed by atoms with Crippen molar-refractivity contribution in [3.8, 4) is 5.75 Å². The van der Waals surface area contributed by atoms with Gasteiger partial charge in [0.05, 0.1) is 23.4 Å². The topological polar surface area (TPSA) is 84.5 Å². The number of carbonyl (C=O) groups excluding carboxylic acids is 1. The number of hydrogen-bond acceptors (Lipinski definition) is 4. The second-order valence-electron chi connectivity index (χ2n) is 6.18. The van der Waals surface area contributed by atoms with Gasteiger partial charge in [0.2, 0.25) is 10.0 Å². The maximum atomic E-state index is 12.3. The van der Waals surface area contributed by atoms with E-state index in [9.17, 15) is 13.2 Å². The second kappa shape index (κ2) is 8.50. The molecule has 146 valence electrons. The molecule has 0 aliphatic carbocycles. The Morgan fingerprint density at radius 2 is 1.79 bits per heavy atom. The average Bonchev–Trinajstić information content (AvgIpc) is 2.65. The predicted molar refractivity (Wildman–Crippen MR) is 112 cm³/mol. The van der Waals surface area contributed by atoms with E-state index in [0.717, 1.165) is 17.0 Å². The van der Waals surface area contributed by atoms with Gasteiger partial charge in [0.1, 0.15) is 12.4 Å². The zero-order valence-electron chi connectivity index (χ0n) is 15.1. The molecule has 0 saturated carbocycles. The third-order valence-electron chi connectivity index (χ3n) is 3.89. The molecule has 0 fully saturated rings. The monoisotopic (exact) mass is 418 g/mol. The Hall–Kier alpha value is -2.77. The van der Waals surface area contributed by atoms with E-state index < -0.39 is 15.9 Å². The molecule has 0 unspecified atom stereocenters. The molecular weight excluding hydrogens is 400 g/mol. The SMILES string of the molecule is CS(=O)(=O)Nc1ccc(Cl)c(C(=O)NCCOc2ccc3ccccc3c2)c1. The molecule has 3 aromatic rings. The summed E-state index contributed by atoms with van der Waals surface area (Å²) in [5.41, 5.74) is 0.450. The second-order valence-corrected chi connectivity index (χ2v) is 8.34. The van der Waals surface area contributed by atoms with E-state index >= 15 is 0 Å². The fourth-order valence-corrected chi connectivity index (χ4v) is 3.42. The maximum absolute atomic E-state index is 12.3. The molecule has 0 aliphatic heterocycles. The van der Waals surface area contributed by atoms with Crippen molar-refractivity contribution in [3.05, 3.63) is 71.2 Å². The fourth-order valence-electron chi connectivity index (χ4n) is 2.66. The van der Waals surface area contributed by atoms with Gasteiger partial charge >= 0.3 is 0 Å². The smallest absolute Gasteiger partial charge is 0.252 e. The highest BCUT2D eigenvalue weighted by atomic mass is 35.5. The van der Waals surface area contributed by atoms with E-state index in [-0.39, 0.29) is 29.4 Å². The van der Waals surface area contributed by atoms with Crippen LogP contribution >= 0.6 is 11.6 Å². The summed E-state index contributed by atoms with van der Waals surface area (Å²) in [5, 5.41) is 5.14. The van der Waals surface area contributed by atoms with Gasteiger partial charge in [0.25, 0.3) is 5.91 Å². The summed E-state index contributed by atoms with van der Waals surface area (Å²) in [5.74, 6) is 0.301. The Kier molecular flexibility index (Phi) is 6.06. The number of fused-ring (bicyclic) bond motifs is 1. The van der Waals surface area contributed by atoms with Gasteiger partial charge in [0, 0.05) is 5.69 Å². The Morgan fingerprint density at radius 1 is 1.04 bits per heavy atom. The lowest BCUT2D eigenvalue weighted by Gasteiger charge is -2.11. The standard InChI is InChI=1S/C20H19ClN2O4S/c1-28(25,26)23-16-7-9-19(21)18(13-16)20(24)22-10-11-27-17-8-6-14-4-2-3-5-15(14)12-17/h2-9,12-13,23H,10-11H2,1H3,(H,22,24). The summed E-state index contributed by atoms with van der Waals surface area (Å²) in [6.45, 7) is 0.550. The summed E-state index contributed by atoms with van der Waals surface area (Å²) in [6.07, 6.45) is 1.03. The lowest BCUT2D eigenvalue weighted by Crippen LogP contribution is -2.28. The summed E-state index contributed by atoms with van der Waals surface area (Å²) in [7, 11) is -3.44. The van der Waals surface area contributed by atoms with Gasteiger partial charge in [-0.05, 0) is 41.1 Å². The molecule has 0 aromatic heterocycles. The molecule has 3 aromatic carbocycles. The van der Waals surface area contributed by atoms with Gasteiger partial charge < -0.3 is 10.1 Å². The zero-order valence-corrected chi connectivity index (χ0v) is 16.7. The summed E-state index contributed by atoms with van der Waals surface area (Å²) in [6, 6.07) is 18.1. The van der Waals surface area contributed by atoms with Gasteiger partial charge in [-0.15, -0.1) is 0 Å². The van der Waals surface area contributed by atoms with Crippen LogP contribution in [-0.2, 0) is 10.0 Å². The van der Waals surface area contributed by atoms with E-state index in [1.807, 2.05) is 42.5 Å². The number of sulfonamides is 1. The highest BCUT2D eigenvalue weighted by Crippen LogP contribution is 2.22. The Bertz CT molecular complexity index is 1120. The molecule has 6 nitrogen and oxygen atoms in total. The molecule has 3 rings (SSSR count). The number of halogens is 1. The van der Waals surface area contributed by atoms with E-state index in [1.54, 1.807) is 0 Å². The minimum absolute atomic E-state index is 0.182. The average molecular weight is 419 g/mol. The van der Waals surface area contributed by atoms with Crippen LogP contribution in [0.4, 0.5) is 5.69 Å². The number of nitrogens with one attached hydrogen (secondary N) is 2. The molecule has 8 heteroatoms. The minimum atomic E-state index is -3.44. The molecule has 0 atom stereocenters. The van der Waals surface area contributed by atoms with Gasteiger partial charge in [-0.3, -0.25) is 9.52 Å². The Labute approximate surface area is 168 Å². The lowest BCUT2D eigenvalue weighted by molar-refractivity contribution is 0.0947. The molecule has 0 spiro atoms. The van der Waals surface area contributed by atoms with E-state index in [2.05, 4.69) is 10.0 Å². The van der Waals surface area contributed by atoms with Crippen LogP contribution in [0.25, 0.3) is 10.8 Å². The van der Waals surface area contributed by atoms with Crippen molar-refractivity contribution in [1.82, 2.24) is 5.32 Å².